The topological polar surface area (TPSA) is 84.7 Å². The van der Waals surface area contributed by atoms with Crippen LogP contribution in [0.15, 0.2) is 54.6 Å². The zero-order chi connectivity index (χ0) is 23.3. The Kier molecular flexibility index (Phi) is 5.11. The number of rotatable bonds is 4. The number of carboxylic acid groups (broad SMARTS) is 1. The van der Waals surface area contributed by atoms with Crippen molar-refractivity contribution in [2.24, 2.45) is 0 Å². The van der Waals surface area contributed by atoms with E-state index in [9.17, 15) is 23.5 Å². The van der Waals surface area contributed by atoms with E-state index in [-0.39, 0.29) is 24.8 Å². The lowest BCUT2D eigenvalue weighted by atomic mass is 9.98. The number of nitrogens with zero attached hydrogens (tertiary/aromatic N) is 3. The smallest absolute Gasteiger partial charge is 0.415 e. The second kappa shape index (κ2) is 7.99. The maximum atomic E-state index is 13.6. The van der Waals surface area contributed by atoms with Gasteiger partial charge in [0.05, 0.1) is 0 Å². The summed E-state index contributed by atoms with van der Waals surface area (Å²) in [5.74, 6) is -1.52. The van der Waals surface area contributed by atoms with Crippen LogP contribution in [0.4, 0.5) is 19.4 Å². The van der Waals surface area contributed by atoms with Crippen LogP contribution in [0.3, 0.4) is 0 Å². The number of aromatic carboxylic acids is 1. The number of aromatic nitrogens is 2. The van der Waals surface area contributed by atoms with Crippen molar-refractivity contribution in [2.75, 3.05) is 11.5 Å². The SMILES string of the molecule is CC1CC(C(F)F)n2nc(C(=O)O)cc2N1C(=O)OCC1c2ccccc2-c2ccccc21. The van der Waals surface area contributed by atoms with Gasteiger partial charge in [-0.15, -0.1) is 0 Å². The summed E-state index contributed by atoms with van der Waals surface area (Å²) in [7, 11) is 0. The Morgan fingerprint density at radius 1 is 1.12 bits per heavy atom. The molecule has 9 heteroatoms. The number of carbonyl (C=O) groups is 2. The van der Waals surface area contributed by atoms with E-state index in [1.807, 2.05) is 48.5 Å². The zero-order valence-corrected chi connectivity index (χ0v) is 17.7. The van der Waals surface area contributed by atoms with E-state index in [1.165, 1.54) is 4.90 Å². The van der Waals surface area contributed by atoms with Crippen molar-refractivity contribution in [3.05, 3.63) is 71.4 Å². The largest absolute Gasteiger partial charge is 0.476 e. The minimum atomic E-state index is -2.75. The highest BCUT2D eigenvalue weighted by atomic mass is 19.3. The lowest BCUT2D eigenvalue weighted by Crippen LogP contribution is -2.47. The van der Waals surface area contributed by atoms with Gasteiger partial charge in [0.2, 0.25) is 0 Å². The van der Waals surface area contributed by atoms with Crippen molar-refractivity contribution in [3.63, 3.8) is 0 Å². The summed E-state index contributed by atoms with van der Waals surface area (Å²) >= 11 is 0. The van der Waals surface area contributed by atoms with Gasteiger partial charge in [-0.2, -0.15) is 5.10 Å². The Labute approximate surface area is 188 Å². The van der Waals surface area contributed by atoms with Crippen LogP contribution in [-0.2, 0) is 4.74 Å². The molecule has 1 N–H and O–H groups in total. The molecule has 0 radical (unpaired) electrons. The molecule has 170 valence electrons. The molecule has 2 atom stereocenters. The first-order valence-electron chi connectivity index (χ1n) is 10.6. The average Bonchev–Trinajstić information content (AvgIpc) is 3.37. The van der Waals surface area contributed by atoms with Gasteiger partial charge in [0, 0.05) is 18.0 Å². The molecule has 0 bridgehead atoms. The fourth-order valence-corrected chi connectivity index (χ4v) is 4.84. The number of hydrogen-bond acceptors (Lipinski definition) is 4. The summed E-state index contributed by atoms with van der Waals surface area (Å²) in [6.07, 6.45) is -3.55. The maximum absolute atomic E-state index is 13.6. The van der Waals surface area contributed by atoms with Gasteiger partial charge in [0.15, 0.2) is 5.69 Å². The van der Waals surface area contributed by atoms with Crippen LogP contribution in [-0.4, -0.2) is 46.0 Å². The standard InChI is InChI=1S/C24H21F2N3O4/c1-13-10-20(22(25)26)29-21(11-19(27-29)23(30)31)28(13)24(32)33-12-18-16-8-4-2-6-14(16)15-7-3-5-9-17(15)18/h2-9,11,13,18,20,22H,10,12H2,1H3,(H,30,31). The fraction of sp³-hybridized carbons (Fsp3) is 0.292. The average molecular weight is 453 g/mol. The number of hydrogen-bond donors (Lipinski definition) is 1. The number of alkyl halides is 2. The van der Waals surface area contributed by atoms with Crippen molar-refractivity contribution in [1.29, 1.82) is 0 Å². The van der Waals surface area contributed by atoms with Gasteiger partial charge in [0.25, 0.3) is 6.43 Å². The van der Waals surface area contributed by atoms with Crippen LogP contribution in [0.1, 0.15) is 46.9 Å². The Morgan fingerprint density at radius 3 is 2.30 bits per heavy atom. The van der Waals surface area contributed by atoms with E-state index in [0.29, 0.717) is 0 Å². The Balaban J connectivity index is 1.43. The highest BCUT2D eigenvalue weighted by molar-refractivity contribution is 5.91. The minimum absolute atomic E-state index is 0.00586. The molecule has 7 nitrogen and oxygen atoms in total. The normalized spacial score (nSPS) is 19.2. The number of halogens is 2. The third-order valence-electron chi connectivity index (χ3n) is 6.34. The van der Waals surface area contributed by atoms with E-state index in [1.54, 1.807) is 6.92 Å². The van der Waals surface area contributed by atoms with Gasteiger partial charge in [0.1, 0.15) is 18.5 Å². The predicted octanol–water partition coefficient (Wildman–Crippen LogP) is 4.94. The molecule has 2 aromatic carbocycles. The van der Waals surface area contributed by atoms with Gasteiger partial charge < -0.3 is 9.84 Å². The molecule has 2 aliphatic rings. The molecule has 33 heavy (non-hydrogen) atoms. The quantitative estimate of drug-likeness (QED) is 0.605. The van der Waals surface area contributed by atoms with E-state index in [4.69, 9.17) is 4.74 Å². The molecule has 5 rings (SSSR count). The molecule has 2 unspecified atom stereocenters. The third-order valence-corrected chi connectivity index (χ3v) is 6.34. The molecule has 0 saturated carbocycles. The van der Waals surface area contributed by atoms with Crippen molar-refractivity contribution >= 4 is 17.9 Å². The van der Waals surface area contributed by atoms with Gasteiger partial charge in [-0.3, -0.25) is 4.90 Å². The number of carboxylic acids is 1. The van der Waals surface area contributed by atoms with Gasteiger partial charge in [-0.25, -0.2) is 23.1 Å². The molecule has 3 aromatic rings. The molecule has 1 aliphatic heterocycles. The van der Waals surface area contributed by atoms with Crippen LogP contribution in [0.5, 0.6) is 0 Å². The van der Waals surface area contributed by atoms with Crippen LogP contribution in [0.2, 0.25) is 0 Å². The van der Waals surface area contributed by atoms with Crippen molar-refractivity contribution in [2.45, 2.75) is 37.8 Å². The van der Waals surface area contributed by atoms with Crippen LogP contribution >= 0.6 is 0 Å². The van der Waals surface area contributed by atoms with Crippen molar-refractivity contribution in [1.82, 2.24) is 9.78 Å². The maximum Gasteiger partial charge on any atom is 0.415 e. The van der Waals surface area contributed by atoms with Gasteiger partial charge in [-0.05, 0) is 35.6 Å². The number of ether oxygens (including phenoxy) is 1. The summed E-state index contributed by atoms with van der Waals surface area (Å²) in [5, 5.41) is 13.1. The van der Waals surface area contributed by atoms with Gasteiger partial charge >= 0.3 is 12.1 Å². The van der Waals surface area contributed by atoms with Gasteiger partial charge in [-0.1, -0.05) is 48.5 Å². The summed E-state index contributed by atoms with van der Waals surface area (Å²) in [5.41, 5.74) is 3.87. The molecule has 0 fully saturated rings. The first-order chi connectivity index (χ1) is 15.9. The zero-order valence-electron chi connectivity index (χ0n) is 17.7. The fourth-order valence-electron chi connectivity index (χ4n) is 4.84. The highest BCUT2D eigenvalue weighted by Gasteiger charge is 2.41. The van der Waals surface area contributed by atoms with E-state index in [0.717, 1.165) is 33.0 Å². The Morgan fingerprint density at radius 2 is 1.73 bits per heavy atom. The second-order valence-electron chi connectivity index (χ2n) is 8.30. The molecular weight excluding hydrogens is 432 g/mol. The predicted molar refractivity (Wildman–Crippen MR) is 116 cm³/mol. The second-order valence-corrected chi connectivity index (χ2v) is 8.30. The first-order valence-corrected chi connectivity index (χ1v) is 10.6. The summed E-state index contributed by atoms with van der Waals surface area (Å²) < 4.78 is 33.8. The molecular formula is C24H21F2N3O4. The molecule has 1 aromatic heterocycles. The summed E-state index contributed by atoms with van der Waals surface area (Å²) in [4.78, 5) is 25.7. The van der Waals surface area contributed by atoms with Crippen LogP contribution in [0.25, 0.3) is 11.1 Å². The third kappa shape index (κ3) is 3.44. The minimum Gasteiger partial charge on any atom is -0.476 e. The molecule has 0 saturated heterocycles. The van der Waals surface area contributed by atoms with E-state index >= 15 is 0 Å². The number of anilines is 1. The summed E-state index contributed by atoms with van der Waals surface area (Å²) in [6, 6.07) is 15.0. The van der Waals surface area contributed by atoms with E-state index < -0.39 is 36.3 Å². The molecule has 0 spiro atoms. The number of amides is 1. The Bertz CT molecular complexity index is 1200. The first kappa shape index (κ1) is 21.1. The van der Waals surface area contributed by atoms with Crippen molar-refractivity contribution in [3.8, 4) is 11.1 Å². The molecule has 1 aliphatic carbocycles. The highest BCUT2D eigenvalue weighted by Crippen LogP contribution is 2.45. The lowest BCUT2D eigenvalue weighted by Gasteiger charge is -2.37. The van der Waals surface area contributed by atoms with Crippen molar-refractivity contribution < 1.29 is 28.2 Å². The number of fused-ring (bicyclic) bond motifs is 4. The monoisotopic (exact) mass is 453 g/mol. The van der Waals surface area contributed by atoms with Crippen LogP contribution in [0, 0.1) is 0 Å². The Hall–Kier alpha value is -3.75. The van der Waals surface area contributed by atoms with E-state index in [2.05, 4.69) is 5.10 Å². The lowest BCUT2D eigenvalue weighted by molar-refractivity contribution is 0.0595. The molecule has 1 amide bonds. The van der Waals surface area contributed by atoms with Crippen LogP contribution < -0.4 is 4.90 Å². The number of carbonyl (C=O) groups excluding carboxylic acids is 1. The molecule has 2 heterocycles. The summed E-state index contributed by atoms with van der Waals surface area (Å²) in [6.45, 7) is 1.70. The number of benzene rings is 2.